The van der Waals surface area contributed by atoms with Crippen LogP contribution in [0.25, 0.3) is 0 Å². The largest absolute Gasteiger partial charge is 0.356 e. The second kappa shape index (κ2) is 6.47. The van der Waals surface area contributed by atoms with Gasteiger partial charge >= 0.3 is 0 Å². The van der Waals surface area contributed by atoms with Crippen molar-refractivity contribution in [1.82, 2.24) is 5.32 Å². The summed E-state index contributed by atoms with van der Waals surface area (Å²) >= 11 is 5.50. The molecule has 11 heavy (non-hydrogen) atoms. The lowest BCUT2D eigenvalue weighted by Gasteiger charge is -2.07. The third-order valence-electron chi connectivity index (χ3n) is 1.51. The van der Waals surface area contributed by atoms with Gasteiger partial charge in [0.05, 0.1) is 0 Å². The first kappa shape index (κ1) is 10.8. The fraction of sp³-hybridized carbons (Fsp3) is 0.875. The van der Waals surface area contributed by atoms with Gasteiger partial charge in [-0.2, -0.15) is 0 Å². The number of unbranched alkanes of at least 4 members (excludes halogenated alkanes) is 1. The van der Waals surface area contributed by atoms with Crippen molar-refractivity contribution in [3.8, 4) is 0 Å². The van der Waals surface area contributed by atoms with Gasteiger partial charge in [-0.25, -0.2) is 0 Å². The molecule has 0 fully saturated rings. The molecule has 0 bridgehead atoms. The Morgan fingerprint density at radius 1 is 1.64 bits per heavy atom. The van der Waals surface area contributed by atoms with Gasteiger partial charge in [0, 0.05) is 18.3 Å². The summed E-state index contributed by atoms with van der Waals surface area (Å²) in [5, 5.41) is 2.81. The normalized spacial score (nSPS) is 12.6. The SMILES string of the molecule is CCCCNC(=O)C(C)CCl. The van der Waals surface area contributed by atoms with Crippen molar-refractivity contribution in [3.05, 3.63) is 0 Å². The maximum absolute atomic E-state index is 11.1. The smallest absolute Gasteiger partial charge is 0.224 e. The van der Waals surface area contributed by atoms with Gasteiger partial charge in [-0.05, 0) is 6.42 Å². The van der Waals surface area contributed by atoms with Gasteiger partial charge < -0.3 is 5.32 Å². The van der Waals surface area contributed by atoms with E-state index < -0.39 is 0 Å². The Labute approximate surface area is 73.3 Å². The third kappa shape index (κ3) is 5.08. The molecule has 3 heteroatoms. The minimum atomic E-state index is -0.0616. The van der Waals surface area contributed by atoms with E-state index in [0.717, 1.165) is 19.4 Å². The monoisotopic (exact) mass is 177 g/mol. The molecular formula is C8H16ClNO. The molecule has 0 aromatic rings. The molecule has 1 N–H and O–H groups in total. The fourth-order valence-electron chi connectivity index (χ4n) is 0.633. The third-order valence-corrected chi connectivity index (χ3v) is 1.97. The van der Waals surface area contributed by atoms with E-state index in [0.29, 0.717) is 5.88 Å². The first-order valence-electron chi connectivity index (χ1n) is 4.06. The molecular weight excluding hydrogens is 162 g/mol. The number of nitrogens with one attached hydrogen (secondary N) is 1. The van der Waals surface area contributed by atoms with Crippen LogP contribution in [-0.4, -0.2) is 18.3 Å². The Morgan fingerprint density at radius 2 is 2.27 bits per heavy atom. The number of alkyl halides is 1. The highest BCUT2D eigenvalue weighted by molar-refractivity contribution is 6.19. The topological polar surface area (TPSA) is 29.1 Å². The van der Waals surface area contributed by atoms with E-state index in [1.54, 1.807) is 0 Å². The van der Waals surface area contributed by atoms with Crippen molar-refractivity contribution in [1.29, 1.82) is 0 Å². The predicted octanol–water partition coefficient (Wildman–Crippen LogP) is 1.78. The maximum Gasteiger partial charge on any atom is 0.224 e. The Hall–Kier alpha value is -0.240. The lowest BCUT2D eigenvalue weighted by atomic mass is 10.2. The average Bonchev–Trinajstić information content (AvgIpc) is 2.03. The summed E-state index contributed by atoms with van der Waals surface area (Å²) in [6.07, 6.45) is 2.15. The zero-order valence-corrected chi connectivity index (χ0v) is 7.95. The van der Waals surface area contributed by atoms with Crippen LogP contribution in [-0.2, 0) is 4.79 Å². The first-order valence-corrected chi connectivity index (χ1v) is 4.59. The second-order valence-corrected chi connectivity index (χ2v) is 3.01. The van der Waals surface area contributed by atoms with Crippen molar-refractivity contribution < 1.29 is 4.79 Å². The number of hydrogen-bond acceptors (Lipinski definition) is 1. The summed E-state index contributed by atoms with van der Waals surface area (Å²) in [7, 11) is 0. The minimum Gasteiger partial charge on any atom is -0.356 e. The number of halogens is 1. The van der Waals surface area contributed by atoms with E-state index in [4.69, 9.17) is 11.6 Å². The summed E-state index contributed by atoms with van der Waals surface area (Å²) in [6, 6.07) is 0. The van der Waals surface area contributed by atoms with Gasteiger partial charge in [0.15, 0.2) is 0 Å². The van der Waals surface area contributed by atoms with Gasteiger partial charge in [0.25, 0.3) is 0 Å². The number of carbonyl (C=O) groups is 1. The number of rotatable bonds is 5. The Morgan fingerprint density at radius 3 is 2.73 bits per heavy atom. The molecule has 1 atom stereocenters. The Bertz CT molecular complexity index is 117. The van der Waals surface area contributed by atoms with Crippen molar-refractivity contribution in [2.45, 2.75) is 26.7 Å². The van der Waals surface area contributed by atoms with Crippen molar-refractivity contribution >= 4 is 17.5 Å². The molecule has 0 aromatic heterocycles. The van der Waals surface area contributed by atoms with Crippen LogP contribution in [0.2, 0.25) is 0 Å². The molecule has 66 valence electrons. The highest BCUT2D eigenvalue weighted by Gasteiger charge is 2.09. The summed E-state index contributed by atoms with van der Waals surface area (Å²) in [5.74, 6) is 0.403. The van der Waals surface area contributed by atoms with Gasteiger partial charge in [0.2, 0.25) is 5.91 Å². The molecule has 1 amide bonds. The maximum atomic E-state index is 11.1. The van der Waals surface area contributed by atoms with Crippen LogP contribution in [0.5, 0.6) is 0 Å². The van der Waals surface area contributed by atoms with Gasteiger partial charge in [-0.1, -0.05) is 20.3 Å². The van der Waals surface area contributed by atoms with Crippen molar-refractivity contribution in [2.24, 2.45) is 5.92 Å². The molecule has 0 heterocycles. The molecule has 2 nitrogen and oxygen atoms in total. The molecule has 0 saturated heterocycles. The van der Waals surface area contributed by atoms with Crippen LogP contribution in [0.4, 0.5) is 0 Å². The molecule has 0 aliphatic carbocycles. The molecule has 0 aromatic carbocycles. The highest BCUT2D eigenvalue weighted by atomic mass is 35.5. The summed E-state index contributed by atoms with van der Waals surface area (Å²) in [4.78, 5) is 11.1. The quantitative estimate of drug-likeness (QED) is 0.504. The van der Waals surface area contributed by atoms with Crippen LogP contribution in [0.3, 0.4) is 0 Å². The highest BCUT2D eigenvalue weighted by Crippen LogP contribution is 1.97. The predicted molar refractivity (Wildman–Crippen MR) is 47.8 cm³/mol. The molecule has 0 spiro atoms. The van der Waals surface area contributed by atoms with Crippen LogP contribution < -0.4 is 5.32 Å². The lowest BCUT2D eigenvalue weighted by molar-refractivity contribution is -0.123. The van der Waals surface area contributed by atoms with E-state index in [-0.39, 0.29) is 11.8 Å². The summed E-state index contributed by atoms with van der Waals surface area (Å²) in [6.45, 7) is 4.70. The second-order valence-electron chi connectivity index (χ2n) is 2.70. The van der Waals surface area contributed by atoms with E-state index in [1.807, 2.05) is 6.92 Å². The van der Waals surface area contributed by atoms with Gasteiger partial charge in [-0.15, -0.1) is 11.6 Å². The van der Waals surface area contributed by atoms with Crippen LogP contribution >= 0.6 is 11.6 Å². The average molecular weight is 178 g/mol. The van der Waals surface area contributed by atoms with E-state index >= 15 is 0 Å². The molecule has 1 unspecified atom stereocenters. The van der Waals surface area contributed by atoms with Crippen molar-refractivity contribution in [3.63, 3.8) is 0 Å². The standard InChI is InChI=1S/C8H16ClNO/c1-3-4-5-10-8(11)7(2)6-9/h7H,3-6H2,1-2H3,(H,10,11). The number of amides is 1. The van der Waals surface area contributed by atoms with Crippen molar-refractivity contribution in [2.75, 3.05) is 12.4 Å². The first-order chi connectivity index (χ1) is 5.22. The van der Waals surface area contributed by atoms with Gasteiger partial charge in [-0.3, -0.25) is 4.79 Å². The van der Waals surface area contributed by atoms with Crippen LogP contribution in [0.1, 0.15) is 26.7 Å². The summed E-state index contributed by atoms with van der Waals surface area (Å²) in [5.41, 5.74) is 0. The molecule has 0 saturated carbocycles. The van der Waals surface area contributed by atoms with E-state index in [2.05, 4.69) is 12.2 Å². The zero-order valence-electron chi connectivity index (χ0n) is 7.19. The lowest BCUT2D eigenvalue weighted by Crippen LogP contribution is -2.30. The molecule has 0 rings (SSSR count). The summed E-state index contributed by atoms with van der Waals surface area (Å²) < 4.78 is 0. The Balaban J connectivity index is 3.36. The fourth-order valence-corrected chi connectivity index (χ4v) is 0.773. The molecule has 0 aliphatic rings. The number of carbonyl (C=O) groups excluding carboxylic acids is 1. The molecule has 0 radical (unpaired) electrons. The van der Waals surface area contributed by atoms with E-state index in [1.165, 1.54) is 0 Å². The Kier molecular flexibility index (Phi) is 6.33. The zero-order chi connectivity index (χ0) is 8.69. The van der Waals surface area contributed by atoms with E-state index in [9.17, 15) is 4.79 Å². The molecule has 0 aliphatic heterocycles. The van der Waals surface area contributed by atoms with Crippen LogP contribution in [0.15, 0.2) is 0 Å². The number of hydrogen-bond donors (Lipinski definition) is 1. The van der Waals surface area contributed by atoms with Gasteiger partial charge in [0.1, 0.15) is 0 Å². The minimum absolute atomic E-state index is 0.0616. The van der Waals surface area contributed by atoms with Crippen LogP contribution in [0, 0.1) is 5.92 Å².